The van der Waals surface area contributed by atoms with E-state index in [0.29, 0.717) is 12.8 Å². The van der Waals surface area contributed by atoms with E-state index in [2.05, 4.69) is 18.0 Å². The molecule has 0 spiro atoms. The molecule has 0 atom stereocenters. The normalized spacial score (nSPS) is 18.6. The number of Topliss-reactive ketones (excluding diaryl/α,β-unsaturated/α-hetero) is 1. The molecule has 1 fully saturated rings. The number of ether oxygens (including phenoxy) is 1. The molecule has 0 radical (unpaired) electrons. The summed E-state index contributed by atoms with van der Waals surface area (Å²) in [5, 5.41) is 0. The number of aromatic nitrogens is 1. The van der Waals surface area contributed by atoms with E-state index < -0.39 is 0 Å². The quantitative estimate of drug-likeness (QED) is 0.349. The van der Waals surface area contributed by atoms with Crippen LogP contribution in [-0.2, 0) is 12.8 Å². The summed E-state index contributed by atoms with van der Waals surface area (Å²) in [4.78, 5) is 32.4. The van der Waals surface area contributed by atoms with Crippen molar-refractivity contribution >= 4 is 17.4 Å². The van der Waals surface area contributed by atoms with Crippen LogP contribution >= 0.6 is 0 Å². The third-order valence-corrected chi connectivity index (χ3v) is 7.65. The number of anilines is 1. The van der Waals surface area contributed by atoms with Gasteiger partial charge in [0.15, 0.2) is 5.78 Å². The van der Waals surface area contributed by atoms with Crippen molar-refractivity contribution < 1.29 is 15.8 Å². The Morgan fingerprint density at radius 2 is 1.78 bits per heavy atom. The molecule has 2 aromatic carbocycles. The van der Waals surface area contributed by atoms with Crippen molar-refractivity contribution in [3.8, 4) is 5.75 Å². The highest BCUT2D eigenvalue weighted by Crippen LogP contribution is 2.33. The number of fused-ring (bicyclic) bond motifs is 2. The molecule has 2 aliphatic rings. The molecule has 37 heavy (non-hydrogen) atoms. The summed E-state index contributed by atoms with van der Waals surface area (Å²) in [6, 6.07) is 15.7. The maximum absolute atomic E-state index is 13.1. The Balaban J connectivity index is 0.00000130. The van der Waals surface area contributed by atoms with Gasteiger partial charge in [-0.15, -0.1) is 0 Å². The van der Waals surface area contributed by atoms with Gasteiger partial charge in [0, 0.05) is 49.6 Å². The lowest BCUT2D eigenvalue weighted by molar-refractivity contribution is 0.0875. The number of amides is 1. The molecule has 1 aliphatic heterocycles. The van der Waals surface area contributed by atoms with Crippen LogP contribution in [0.2, 0.25) is 0 Å². The number of carbonyl (C=O) groups is 2. The molecule has 1 saturated carbocycles. The average Bonchev–Trinajstić information content (AvgIpc) is 3.04. The minimum Gasteiger partial charge on any atom is -0.496 e. The smallest absolute Gasteiger partial charge is 0.258 e. The molecule has 5 heteroatoms. The number of benzene rings is 2. The highest BCUT2D eigenvalue weighted by atomic mass is 16.5. The Morgan fingerprint density at radius 3 is 2.51 bits per heavy atom. The van der Waals surface area contributed by atoms with Gasteiger partial charge in [0.25, 0.3) is 5.91 Å². The lowest BCUT2D eigenvalue weighted by atomic mass is 9.79. The minimum atomic E-state index is -0.0109. The van der Waals surface area contributed by atoms with Crippen LogP contribution in [0.5, 0.6) is 5.75 Å². The van der Waals surface area contributed by atoms with Gasteiger partial charge < -0.3 is 9.64 Å². The predicted octanol–water partition coefficient (Wildman–Crippen LogP) is 7.14. The molecule has 1 aromatic heterocycles. The second-order valence-corrected chi connectivity index (χ2v) is 10.0. The van der Waals surface area contributed by atoms with Gasteiger partial charge in [-0.1, -0.05) is 63.9 Å². The summed E-state index contributed by atoms with van der Waals surface area (Å²) in [5.74, 6) is 1.78. The number of pyridine rings is 1. The van der Waals surface area contributed by atoms with E-state index in [1.54, 1.807) is 25.3 Å². The number of methoxy groups -OCH3 is 1. The van der Waals surface area contributed by atoms with Crippen molar-refractivity contribution in [2.75, 3.05) is 19.1 Å². The Kier molecular flexibility index (Phi) is 8.42. The number of hydrogen-bond donors (Lipinski definition) is 0. The first-order valence-corrected chi connectivity index (χ1v) is 13.5. The molecule has 0 saturated heterocycles. The van der Waals surface area contributed by atoms with Gasteiger partial charge in [-0.25, -0.2) is 0 Å². The Labute approximate surface area is 222 Å². The fourth-order valence-electron chi connectivity index (χ4n) is 5.45. The molecule has 0 N–H and O–H groups in total. The second kappa shape index (κ2) is 11.7. The lowest BCUT2D eigenvalue weighted by Crippen LogP contribution is -2.26. The van der Waals surface area contributed by atoms with E-state index in [4.69, 9.17) is 4.74 Å². The van der Waals surface area contributed by atoms with Gasteiger partial charge in [-0.05, 0) is 48.1 Å². The summed E-state index contributed by atoms with van der Waals surface area (Å²) >= 11 is 0. The third-order valence-electron chi connectivity index (χ3n) is 7.65. The van der Waals surface area contributed by atoms with Crippen LogP contribution in [0.1, 0.15) is 91.0 Å². The van der Waals surface area contributed by atoms with Gasteiger partial charge in [0.05, 0.1) is 19.0 Å². The molecule has 1 amide bonds. The van der Waals surface area contributed by atoms with Crippen LogP contribution < -0.4 is 9.64 Å². The minimum absolute atomic E-state index is 0. The third kappa shape index (κ3) is 5.61. The van der Waals surface area contributed by atoms with E-state index in [9.17, 15) is 9.59 Å². The molecule has 3 aromatic rings. The van der Waals surface area contributed by atoms with Gasteiger partial charge in [-0.2, -0.15) is 0 Å². The van der Waals surface area contributed by atoms with Crippen molar-refractivity contribution in [3.63, 3.8) is 0 Å². The summed E-state index contributed by atoms with van der Waals surface area (Å²) < 4.78 is 5.69. The summed E-state index contributed by atoms with van der Waals surface area (Å²) in [5.41, 5.74) is 6.31. The van der Waals surface area contributed by atoms with Gasteiger partial charge in [-0.3, -0.25) is 14.6 Å². The Hall–Kier alpha value is -3.47. The molecule has 5 nitrogen and oxygen atoms in total. The van der Waals surface area contributed by atoms with Crippen LogP contribution in [0.4, 0.5) is 5.69 Å². The average molecular weight is 501 g/mol. The van der Waals surface area contributed by atoms with E-state index >= 15 is 0 Å². The number of carbonyl (C=O) groups excluding carboxylic acids is 2. The summed E-state index contributed by atoms with van der Waals surface area (Å²) in [6.07, 6.45) is 7.27. The largest absolute Gasteiger partial charge is 0.496 e. The van der Waals surface area contributed by atoms with Crippen molar-refractivity contribution in [3.05, 3.63) is 88.2 Å². The first-order valence-electron chi connectivity index (χ1n) is 13.5. The molecule has 196 valence electrons. The second-order valence-electron chi connectivity index (χ2n) is 10.0. The predicted molar refractivity (Wildman–Crippen MR) is 151 cm³/mol. The van der Waals surface area contributed by atoms with E-state index in [-0.39, 0.29) is 19.0 Å². The number of rotatable bonds is 5. The fraction of sp³-hybridized carbons (Fsp3) is 0.406. The molecule has 0 unspecified atom stereocenters. The van der Waals surface area contributed by atoms with Crippen molar-refractivity contribution in [2.24, 2.45) is 11.8 Å². The number of ketones is 1. The lowest BCUT2D eigenvalue weighted by Gasteiger charge is -2.25. The van der Waals surface area contributed by atoms with E-state index in [1.807, 2.05) is 56.3 Å². The molecule has 5 rings (SSSR count). The van der Waals surface area contributed by atoms with Gasteiger partial charge in [0.2, 0.25) is 0 Å². The summed E-state index contributed by atoms with van der Waals surface area (Å²) in [7, 11) is 3.45. The zero-order valence-corrected chi connectivity index (χ0v) is 22.7. The van der Waals surface area contributed by atoms with E-state index in [0.717, 1.165) is 76.5 Å². The number of hydrogen-bond acceptors (Lipinski definition) is 4. The Bertz CT molecular complexity index is 1280. The number of nitrogens with zero attached hydrogens (tertiary/aromatic N) is 2. The summed E-state index contributed by atoms with van der Waals surface area (Å²) in [6.45, 7) is 6.27. The fourth-order valence-corrected chi connectivity index (χ4v) is 5.45. The van der Waals surface area contributed by atoms with Gasteiger partial charge >= 0.3 is 0 Å². The monoisotopic (exact) mass is 500 g/mol. The van der Waals surface area contributed by atoms with Crippen molar-refractivity contribution in [2.45, 2.75) is 59.3 Å². The SMILES string of the molecule is CC.COc1cc(C(=O)C2CCC(C)CC2)ccc1Cc1cc2c(cn1)N(C)C(=O)c1ccccc1C2.[HH]. The van der Waals surface area contributed by atoms with Crippen LogP contribution in [0.3, 0.4) is 0 Å². The first kappa shape index (κ1) is 26.6. The zero-order valence-electron chi connectivity index (χ0n) is 22.7. The molecule has 2 heterocycles. The molecule has 0 bridgehead atoms. The first-order chi connectivity index (χ1) is 17.9. The standard InChI is InChI=1S/C30H32N2O3.C2H6.H2/c1-19-8-10-20(11-9-19)29(33)23-13-12-22(28(17-23)35-3)15-25-16-24-14-21-6-4-5-7-26(21)30(34)32(2)27(24)18-31-25;1-2;/h4-7,12-13,16-20H,8-11,14-15H2,1-3H3;1-2H3;1H. The van der Waals surface area contributed by atoms with Crippen LogP contribution in [0, 0.1) is 11.8 Å². The van der Waals surface area contributed by atoms with Crippen LogP contribution in [-0.4, -0.2) is 30.8 Å². The van der Waals surface area contributed by atoms with E-state index in [1.165, 1.54) is 0 Å². The maximum atomic E-state index is 13.1. The van der Waals surface area contributed by atoms with Crippen LogP contribution in [0.25, 0.3) is 0 Å². The molecular formula is C32H40N2O3. The van der Waals surface area contributed by atoms with Crippen molar-refractivity contribution in [1.29, 1.82) is 0 Å². The van der Waals surface area contributed by atoms with Crippen molar-refractivity contribution in [1.82, 2.24) is 4.98 Å². The molecular weight excluding hydrogens is 460 g/mol. The van der Waals surface area contributed by atoms with Crippen LogP contribution in [0.15, 0.2) is 54.7 Å². The highest BCUT2D eigenvalue weighted by molar-refractivity contribution is 6.08. The maximum Gasteiger partial charge on any atom is 0.258 e. The Morgan fingerprint density at radius 1 is 1.05 bits per heavy atom. The highest BCUT2D eigenvalue weighted by Gasteiger charge is 2.27. The zero-order chi connectivity index (χ0) is 26.5. The molecule has 1 aliphatic carbocycles. The topological polar surface area (TPSA) is 59.5 Å². The van der Waals surface area contributed by atoms with Gasteiger partial charge in [0.1, 0.15) is 5.75 Å².